The lowest BCUT2D eigenvalue weighted by molar-refractivity contribution is -0.130. The molecule has 0 unspecified atom stereocenters. The average Bonchev–Trinajstić information content (AvgIpc) is 3.19. The lowest BCUT2D eigenvalue weighted by Gasteiger charge is -2.13. The fourth-order valence-corrected chi connectivity index (χ4v) is 3.96. The first-order chi connectivity index (χ1) is 15.4. The van der Waals surface area contributed by atoms with E-state index in [0.717, 1.165) is 22.2 Å². The molecule has 0 bridgehead atoms. The largest absolute Gasteiger partial charge is 0.480 e. The van der Waals surface area contributed by atoms with Crippen LogP contribution >= 0.6 is 23.2 Å². The van der Waals surface area contributed by atoms with Gasteiger partial charge in [0, 0.05) is 34.6 Å². The lowest BCUT2D eigenvalue weighted by Crippen LogP contribution is -2.43. The second-order valence-electron chi connectivity index (χ2n) is 7.26. The molecule has 7 nitrogen and oxygen atoms in total. The summed E-state index contributed by atoms with van der Waals surface area (Å²) >= 11 is 12.5. The van der Waals surface area contributed by atoms with Crippen LogP contribution in [0.2, 0.25) is 10.0 Å². The van der Waals surface area contributed by atoms with E-state index in [1.54, 1.807) is 6.07 Å². The summed E-state index contributed by atoms with van der Waals surface area (Å²) in [6.45, 7) is 1.48. The fraction of sp³-hybridized carbons (Fsp3) is 0.174. The minimum absolute atomic E-state index is 0.222. The molecule has 4 rings (SSSR count). The Morgan fingerprint density at radius 2 is 1.81 bits per heavy atom. The van der Waals surface area contributed by atoms with Gasteiger partial charge in [-0.1, -0.05) is 41.4 Å². The number of para-hydroxylation sites is 1. The van der Waals surface area contributed by atoms with Gasteiger partial charge >= 0.3 is 0 Å². The Hall–Kier alpha value is -3.29. The highest BCUT2D eigenvalue weighted by molar-refractivity contribution is 6.39. The van der Waals surface area contributed by atoms with Crippen LogP contribution in [0.5, 0.6) is 5.75 Å². The van der Waals surface area contributed by atoms with E-state index in [-0.39, 0.29) is 29.7 Å². The number of nitrogens with one attached hydrogen (secondary N) is 3. The average molecular weight is 471 g/mol. The van der Waals surface area contributed by atoms with Gasteiger partial charge in [0.15, 0.2) is 12.4 Å². The molecule has 2 amide bonds. The van der Waals surface area contributed by atoms with E-state index in [4.69, 9.17) is 27.9 Å². The Bertz CT molecular complexity index is 1320. The van der Waals surface area contributed by atoms with Crippen molar-refractivity contribution in [3.8, 4) is 5.75 Å². The third kappa shape index (κ3) is 4.79. The van der Waals surface area contributed by atoms with Gasteiger partial charge in [0.25, 0.3) is 5.91 Å². The molecule has 0 radical (unpaired) electrons. The molecular formula is C23H20Cl2N4O3. The van der Waals surface area contributed by atoms with Crippen LogP contribution in [-0.2, 0) is 16.0 Å². The van der Waals surface area contributed by atoms with Gasteiger partial charge in [0.05, 0.1) is 10.0 Å². The van der Waals surface area contributed by atoms with Crippen molar-refractivity contribution < 1.29 is 14.3 Å². The molecule has 0 aliphatic heterocycles. The predicted octanol–water partition coefficient (Wildman–Crippen LogP) is 4.49. The molecule has 0 atom stereocenters. The number of hydrogen-bond donors (Lipinski definition) is 3. The van der Waals surface area contributed by atoms with Crippen LogP contribution in [0.25, 0.3) is 21.8 Å². The maximum absolute atomic E-state index is 12.2. The molecule has 0 aliphatic rings. The molecule has 32 heavy (non-hydrogen) atoms. The molecule has 0 spiro atoms. The molecule has 3 N–H and O–H groups in total. The van der Waals surface area contributed by atoms with E-state index in [0.29, 0.717) is 22.3 Å². The second-order valence-corrected chi connectivity index (χ2v) is 8.08. The smallest absolute Gasteiger partial charge is 0.276 e. The number of hydrazine groups is 1. The van der Waals surface area contributed by atoms with Crippen molar-refractivity contribution in [2.45, 2.75) is 19.8 Å². The third-order valence-corrected chi connectivity index (χ3v) is 5.56. The monoisotopic (exact) mass is 470 g/mol. The van der Waals surface area contributed by atoms with Crippen molar-refractivity contribution in [3.63, 3.8) is 0 Å². The fourth-order valence-electron chi connectivity index (χ4n) is 3.39. The van der Waals surface area contributed by atoms with Crippen molar-refractivity contribution in [1.82, 2.24) is 20.8 Å². The Kier molecular flexibility index (Phi) is 6.48. The number of fused-ring (bicyclic) bond motifs is 2. The number of carbonyl (C=O) groups is 2. The molecule has 0 saturated heterocycles. The SMILES string of the molecule is Cc1ccc2c(Cl)cc(Cl)c(OCC(=O)NNC(=O)CCc3c[nH]c4ccccc34)c2n1. The van der Waals surface area contributed by atoms with Crippen LogP contribution < -0.4 is 15.6 Å². The molecule has 0 saturated carbocycles. The summed E-state index contributed by atoms with van der Waals surface area (Å²) in [5.74, 6) is -0.580. The van der Waals surface area contributed by atoms with E-state index in [1.165, 1.54) is 0 Å². The first kappa shape index (κ1) is 21.9. The van der Waals surface area contributed by atoms with Crippen molar-refractivity contribution in [2.24, 2.45) is 0 Å². The minimum Gasteiger partial charge on any atom is -0.480 e. The summed E-state index contributed by atoms with van der Waals surface area (Å²) in [6.07, 6.45) is 2.65. The first-order valence-electron chi connectivity index (χ1n) is 9.93. The second kappa shape index (κ2) is 9.46. The van der Waals surface area contributed by atoms with Crippen LogP contribution in [0.4, 0.5) is 0 Å². The van der Waals surface area contributed by atoms with Gasteiger partial charge < -0.3 is 9.72 Å². The topological polar surface area (TPSA) is 96.1 Å². The van der Waals surface area contributed by atoms with Gasteiger partial charge in [-0.05, 0) is 43.2 Å². The zero-order chi connectivity index (χ0) is 22.7. The van der Waals surface area contributed by atoms with Crippen molar-refractivity contribution in [2.75, 3.05) is 6.61 Å². The van der Waals surface area contributed by atoms with E-state index in [9.17, 15) is 9.59 Å². The minimum atomic E-state index is -0.530. The Morgan fingerprint density at radius 3 is 2.66 bits per heavy atom. The van der Waals surface area contributed by atoms with Gasteiger partial charge in [-0.3, -0.25) is 20.4 Å². The van der Waals surface area contributed by atoms with Crippen LogP contribution in [0.1, 0.15) is 17.7 Å². The highest BCUT2D eigenvalue weighted by Crippen LogP contribution is 2.37. The number of benzene rings is 2. The summed E-state index contributed by atoms with van der Waals surface area (Å²) in [7, 11) is 0. The Morgan fingerprint density at radius 1 is 1.03 bits per heavy atom. The molecule has 0 fully saturated rings. The number of hydrogen-bond acceptors (Lipinski definition) is 4. The maximum atomic E-state index is 12.2. The zero-order valence-electron chi connectivity index (χ0n) is 17.2. The summed E-state index contributed by atoms with van der Waals surface area (Å²) in [6, 6.07) is 13.1. The van der Waals surface area contributed by atoms with Crippen LogP contribution in [0, 0.1) is 6.92 Å². The Balaban J connectivity index is 1.31. The molecule has 9 heteroatoms. The summed E-state index contributed by atoms with van der Waals surface area (Å²) in [5.41, 5.74) is 8.04. The number of aryl methyl sites for hydroxylation is 2. The van der Waals surface area contributed by atoms with Gasteiger partial charge in [-0.2, -0.15) is 0 Å². The molecule has 2 aromatic heterocycles. The standard InChI is InChI=1S/C23H20Cl2N4O3/c1-13-6-8-16-17(24)10-18(25)23(22(16)27-13)32-12-21(31)29-28-20(30)9-7-14-11-26-19-5-3-2-4-15(14)19/h2-6,8,10-11,26H,7,9,12H2,1H3,(H,28,30)(H,29,31). The number of pyridine rings is 1. The third-order valence-electron chi connectivity index (χ3n) is 4.96. The Labute approximate surface area is 194 Å². The number of carbonyl (C=O) groups excluding carboxylic acids is 2. The molecule has 2 aromatic carbocycles. The maximum Gasteiger partial charge on any atom is 0.276 e. The van der Waals surface area contributed by atoms with Gasteiger partial charge in [0.1, 0.15) is 5.52 Å². The number of halogens is 2. The number of ether oxygens (including phenoxy) is 1. The molecule has 2 heterocycles. The van der Waals surface area contributed by atoms with Crippen LogP contribution in [0.15, 0.2) is 48.7 Å². The number of aromatic amines is 1. The van der Waals surface area contributed by atoms with Gasteiger partial charge in [-0.15, -0.1) is 0 Å². The van der Waals surface area contributed by atoms with E-state index in [1.807, 2.05) is 49.5 Å². The predicted molar refractivity (Wildman–Crippen MR) is 125 cm³/mol. The van der Waals surface area contributed by atoms with Crippen LogP contribution in [-0.4, -0.2) is 28.4 Å². The van der Waals surface area contributed by atoms with E-state index >= 15 is 0 Å². The number of amides is 2. The highest BCUT2D eigenvalue weighted by atomic mass is 35.5. The molecule has 0 aliphatic carbocycles. The number of aromatic nitrogens is 2. The summed E-state index contributed by atoms with van der Waals surface area (Å²) in [4.78, 5) is 31.9. The molecule has 164 valence electrons. The summed E-state index contributed by atoms with van der Waals surface area (Å²) < 4.78 is 5.60. The molecular weight excluding hydrogens is 451 g/mol. The number of H-pyrrole nitrogens is 1. The normalized spacial score (nSPS) is 11.0. The van der Waals surface area contributed by atoms with Crippen molar-refractivity contribution in [1.29, 1.82) is 0 Å². The number of nitrogens with zero attached hydrogens (tertiary/aromatic N) is 1. The first-order valence-corrected chi connectivity index (χ1v) is 10.7. The van der Waals surface area contributed by atoms with Crippen molar-refractivity contribution in [3.05, 3.63) is 70.0 Å². The molecule has 4 aromatic rings. The van der Waals surface area contributed by atoms with Gasteiger partial charge in [0.2, 0.25) is 5.91 Å². The quantitative estimate of drug-likeness (QED) is 0.361. The summed E-state index contributed by atoms with van der Waals surface area (Å²) in [5, 5.41) is 2.43. The van der Waals surface area contributed by atoms with E-state index in [2.05, 4.69) is 20.8 Å². The van der Waals surface area contributed by atoms with E-state index < -0.39 is 5.91 Å². The highest BCUT2D eigenvalue weighted by Gasteiger charge is 2.15. The number of rotatable bonds is 6. The van der Waals surface area contributed by atoms with Gasteiger partial charge in [-0.25, -0.2) is 4.98 Å². The van der Waals surface area contributed by atoms with Crippen LogP contribution in [0.3, 0.4) is 0 Å². The lowest BCUT2D eigenvalue weighted by atomic mass is 10.1. The van der Waals surface area contributed by atoms with Crippen molar-refractivity contribution >= 4 is 56.8 Å². The zero-order valence-corrected chi connectivity index (χ0v) is 18.7.